The number of nitrogens with zero attached hydrogens (tertiary/aromatic N) is 1. The van der Waals surface area contributed by atoms with Crippen molar-refractivity contribution in [2.45, 2.75) is 37.6 Å². The van der Waals surface area contributed by atoms with Crippen molar-refractivity contribution in [1.82, 2.24) is 4.31 Å². The average Bonchev–Trinajstić information content (AvgIpc) is 2.39. The van der Waals surface area contributed by atoms with Crippen molar-refractivity contribution in [3.8, 4) is 0 Å². The van der Waals surface area contributed by atoms with Gasteiger partial charge in [0.1, 0.15) is 0 Å². The maximum Gasteiger partial charge on any atom is 0.242 e. The second kappa shape index (κ2) is 7.24. The van der Waals surface area contributed by atoms with Crippen LogP contribution in [-0.2, 0) is 16.6 Å². The number of hydrogen-bond donors (Lipinski definition) is 1. The van der Waals surface area contributed by atoms with Crippen molar-refractivity contribution < 1.29 is 8.42 Å². The quantitative estimate of drug-likeness (QED) is 0.788. The Morgan fingerprint density at radius 1 is 1.32 bits per heavy atom. The van der Waals surface area contributed by atoms with Gasteiger partial charge in [-0.3, -0.25) is 0 Å². The number of unbranched alkanes of at least 4 members (excludes halogenated alkanes) is 2. The summed E-state index contributed by atoms with van der Waals surface area (Å²) in [6, 6.07) is 4.65. The molecule has 4 nitrogen and oxygen atoms in total. The Morgan fingerprint density at radius 3 is 2.58 bits per heavy atom. The maximum absolute atomic E-state index is 12.3. The summed E-state index contributed by atoms with van der Waals surface area (Å²) in [6.07, 6.45) is 2.95. The predicted octanol–water partition coefficient (Wildman–Crippen LogP) is 2.61. The smallest absolute Gasteiger partial charge is 0.242 e. The van der Waals surface area contributed by atoms with E-state index >= 15 is 0 Å². The van der Waals surface area contributed by atoms with Gasteiger partial charge in [-0.25, -0.2) is 12.7 Å². The van der Waals surface area contributed by atoms with Crippen LogP contribution in [0, 0.1) is 0 Å². The molecule has 0 bridgehead atoms. The number of sulfonamides is 1. The van der Waals surface area contributed by atoms with E-state index in [0.717, 1.165) is 19.3 Å². The van der Waals surface area contributed by atoms with Gasteiger partial charge >= 0.3 is 0 Å². The van der Waals surface area contributed by atoms with E-state index in [1.54, 1.807) is 19.2 Å². The molecule has 0 unspecified atom stereocenters. The van der Waals surface area contributed by atoms with E-state index in [1.165, 1.54) is 10.4 Å². The van der Waals surface area contributed by atoms with E-state index in [2.05, 4.69) is 6.92 Å². The first-order valence-corrected chi connectivity index (χ1v) is 8.20. The zero-order valence-corrected chi connectivity index (χ0v) is 13.0. The highest BCUT2D eigenvalue weighted by molar-refractivity contribution is 7.89. The number of rotatable bonds is 7. The maximum atomic E-state index is 12.3. The first kappa shape index (κ1) is 16.4. The SMILES string of the molecule is CCCCCN(C)S(=O)(=O)c1ccc(Cl)c(CN)c1. The lowest BCUT2D eigenvalue weighted by atomic mass is 10.2. The van der Waals surface area contributed by atoms with Gasteiger partial charge < -0.3 is 5.73 Å². The fourth-order valence-electron chi connectivity index (χ4n) is 1.75. The second-order valence-corrected chi connectivity index (χ2v) is 6.94. The number of hydrogen-bond acceptors (Lipinski definition) is 3. The molecule has 0 aliphatic carbocycles. The van der Waals surface area contributed by atoms with Crippen LogP contribution in [0.3, 0.4) is 0 Å². The van der Waals surface area contributed by atoms with Crippen LogP contribution in [0.5, 0.6) is 0 Å². The van der Waals surface area contributed by atoms with Crippen LogP contribution in [0.15, 0.2) is 23.1 Å². The Morgan fingerprint density at radius 2 is 2.00 bits per heavy atom. The van der Waals surface area contributed by atoms with Gasteiger partial charge in [-0.05, 0) is 30.2 Å². The van der Waals surface area contributed by atoms with E-state index in [4.69, 9.17) is 17.3 Å². The van der Waals surface area contributed by atoms with Gasteiger partial charge in [0, 0.05) is 25.2 Å². The molecule has 0 saturated heterocycles. The molecular formula is C13H21ClN2O2S. The minimum absolute atomic E-state index is 0.224. The van der Waals surface area contributed by atoms with Gasteiger partial charge in [-0.15, -0.1) is 0 Å². The van der Waals surface area contributed by atoms with Crippen LogP contribution in [0.25, 0.3) is 0 Å². The van der Waals surface area contributed by atoms with Crippen molar-refractivity contribution in [2.75, 3.05) is 13.6 Å². The predicted molar refractivity (Wildman–Crippen MR) is 78.7 cm³/mol. The molecule has 0 saturated carbocycles. The molecule has 0 amide bonds. The van der Waals surface area contributed by atoms with Crippen LogP contribution in [0.1, 0.15) is 31.7 Å². The topological polar surface area (TPSA) is 63.4 Å². The van der Waals surface area contributed by atoms with E-state index in [-0.39, 0.29) is 11.4 Å². The van der Waals surface area contributed by atoms with Gasteiger partial charge in [0.25, 0.3) is 0 Å². The monoisotopic (exact) mass is 304 g/mol. The summed E-state index contributed by atoms with van der Waals surface area (Å²) in [5, 5.41) is 0.495. The highest BCUT2D eigenvalue weighted by atomic mass is 35.5. The van der Waals surface area contributed by atoms with Gasteiger partial charge in [0.2, 0.25) is 10.0 Å². The molecule has 0 atom stereocenters. The Kier molecular flexibility index (Phi) is 6.26. The summed E-state index contributed by atoms with van der Waals surface area (Å²) in [4.78, 5) is 0.247. The molecular weight excluding hydrogens is 284 g/mol. The van der Waals surface area contributed by atoms with Crippen molar-refractivity contribution >= 4 is 21.6 Å². The van der Waals surface area contributed by atoms with Crippen molar-refractivity contribution in [1.29, 1.82) is 0 Å². The Labute approximate surface area is 120 Å². The third kappa shape index (κ3) is 4.18. The molecule has 0 aliphatic heterocycles. The molecule has 1 aromatic rings. The highest BCUT2D eigenvalue weighted by Gasteiger charge is 2.20. The van der Waals surface area contributed by atoms with Crippen LogP contribution >= 0.6 is 11.6 Å². The highest BCUT2D eigenvalue weighted by Crippen LogP contribution is 2.22. The molecule has 6 heteroatoms. The summed E-state index contributed by atoms with van der Waals surface area (Å²) in [5.41, 5.74) is 6.19. The molecule has 0 radical (unpaired) electrons. The Hall–Kier alpha value is -0.620. The van der Waals surface area contributed by atoms with E-state index in [9.17, 15) is 8.42 Å². The van der Waals surface area contributed by atoms with Crippen LogP contribution < -0.4 is 5.73 Å². The molecule has 19 heavy (non-hydrogen) atoms. The molecule has 0 aliphatic rings. The van der Waals surface area contributed by atoms with Gasteiger partial charge in [-0.2, -0.15) is 0 Å². The first-order chi connectivity index (χ1) is 8.93. The van der Waals surface area contributed by atoms with Crippen LogP contribution in [0.4, 0.5) is 0 Å². The number of nitrogens with two attached hydrogens (primary N) is 1. The lowest BCUT2D eigenvalue weighted by molar-refractivity contribution is 0.454. The van der Waals surface area contributed by atoms with Gasteiger partial charge in [-0.1, -0.05) is 31.4 Å². The normalized spacial score (nSPS) is 12.1. The van der Waals surface area contributed by atoms with Gasteiger partial charge in [0.05, 0.1) is 4.90 Å². The lowest BCUT2D eigenvalue weighted by Crippen LogP contribution is -2.28. The van der Waals surface area contributed by atoms with Crippen molar-refractivity contribution in [3.05, 3.63) is 28.8 Å². The van der Waals surface area contributed by atoms with E-state index < -0.39 is 10.0 Å². The largest absolute Gasteiger partial charge is 0.326 e. The molecule has 0 aromatic heterocycles. The number of halogens is 1. The van der Waals surface area contributed by atoms with E-state index in [1.807, 2.05) is 0 Å². The standard InChI is InChI=1S/C13H21ClN2O2S/c1-3-4-5-8-16(2)19(17,18)12-6-7-13(14)11(9-12)10-15/h6-7,9H,3-5,8,10,15H2,1-2H3. The molecule has 108 valence electrons. The summed E-state index contributed by atoms with van der Waals surface area (Å²) < 4.78 is 26.1. The summed E-state index contributed by atoms with van der Waals surface area (Å²) in [5.74, 6) is 0. The first-order valence-electron chi connectivity index (χ1n) is 6.38. The lowest BCUT2D eigenvalue weighted by Gasteiger charge is -2.17. The fraction of sp³-hybridized carbons (Fsp3) is 0.538. The fourth-order valence-corrected chi connectivity index (χ4v) is 3.21. The summed E-state index contributed by atoms with van der Waals surface area (Å²) in [6.45, 7) is 2.83. The molecule has 1 aromatic carbocycles. The molecule has 2 N–H and O–H groups in total. The summed E-state index contributed by atoms with van der Waals surface area (Å²) >= 11 is 5.94. The molecule has 0 spiro atoms. The number of benzene rings is 1. The minimum atomic E-state index is -3.45. The van der Waals surface area contributed by atoms with E-state index in [0.29, 0.717) is 17.1 Å². The third-order valence-corrected chi connectivity index (χ3v) is 5.24. The summed E-state index contributed by atoms with van der Waals surface area (Å²) in [7, 11) is -1.85. The molecule has 0 heterocycles. The van der Waals surface area contributed by atoms with Crippen molar-refractivity contribution in [2.24, 2.45) is 5.73 Å². The zero-order valence-electron chi connectivity index (χ0n) is 11.4. The van der Waals surface area contributed by atoms with Crippen molar-refractivity contribution in [3.63, 3.8) is 0 Å². The molecule has 1 rings (SSSR count). The van der Waals surface area contributed by atoms with Crippen LogP contribution in [0.2, 0.25) is 5.02 Å². The van der Waals surface area contributed by atoms with Crippen LogP contribution in [-0.4, -0.2) is 26.3 Å². The third-order valence-electron chi connectivity index (χ3n) is 3.02. The second-order valence-electron chi connectivity index (χ2n) is 4.49. The zero-order chi connectivity index (χ0) is 14.5. The minimum Gasteiger partial charge on any atom is -0.326 e. The Bertz CT molecular complexity index is 517. The molecule has 0 fully saturated rings. The average molecular weight is 305 g/mol. The van der Waals surface area contributed by atoms with Gasteiger partial charge in [0.15, 0.2) is 0 Å². The Balaban J connectivity index is 2.93.